The zero-order valence-electron chi connectivity index (χ0n) is 11.2. The first-order valence-corrected chi connectivity index (χ1v) is 6.35. The van der Waals surface area contributed by atoms with E-state index >= 15 is 0 Å². The summed E-state index contributed by atoms with van der Waals surface area (Å²) in [5, 5.41) is 0. The van der Waals surface area contributed by atoms with Gasteiger partial charge in [0, 0.05) is 13.1 Å². The molecule has 0 radical (unpaired) electrons. The van der Waals surface area contributed by atoms with E-state index in [1.54, 1.807) is 4.90 Å². The van der Waals surface area contributed by atoms with Crippen LogP contribution >= 0.6 is 12.4 Å². The molecule has 2 rings (SSSR count). The van der Waals surface area contributed by atoms with E-state index in [2.05, 4.69) is 0 Å². The van der Waals surface area contributed by atoms with Gasteiger partial charge in [0.05, 0.1) is 6.54 Å². The average Bonchev–Trinajstić information content (AvgIpc) is 2.48. The number of hydrogen-bond acceptors (Lipinski definition) is 2. The van der Waals surface area contributed by atoms with Crippen LogP contribution in [0, 0.1) is 0 Å². The molecule has 2 aromatic carbocycles. The van der Waals surface area contributed by atoms with Gasteiger partial charge >= 0.3 is 0 Å². The Labute approximate surface area is 125 Å². The molecule has 0 heterocycles. The molecule has 0 fully saturated rings. The highest BCUT2D eigenvalue weighted by Gasteiger charge is 2.12. The summed E-state index contributed by atoms with van der Waals surface area (Å²) < 4.78 is 0. The molecular formula is C16H19ClN2O. The van der Waals surface area contributed by atoms with Crippen molar-refractivity contribution in [3.05, 3.63) is 71.8 Å². The van der Waals surface area contributed by atoms with Crippen LogP contribution in [-0.2, 0) is 17.9 Å². The van der Waals surface area contributed by atoms with E-state index in [4.69, 9.17) is 5.73 Å². The summed E-state index contributed by atoms with van der Waals surface area (Å²) in [6.45, 7) is 1.22. The highest BCUT2D eigenvalue weighted by atomic mass is 35.5. The van der Waals surface area contributed by atoms with Gasteiger partial charge in [0.1, 0.15) is 0 Å². The van der Waals surface area contributed by atoms with Gasteiger partial charge in [-0.3, -0.25) is 4.79 Å². The Morgan fingerprint density at radius 3 is 1.60 bits per heavy atom. The summed E-state index contributed by atoms with van der Waals surface area (Å²) in [5.74, 6) is -0.0345. The van der Waals surface area contributed by atoms with Crippen molar-refractivity contribution in [2.45, 2.75) is 13.1 Å². The van der Waals surface area contributed by atoms with Gasteiger partial charge < -0.3 is 10.6 Å². The third-order valence-corrected chi connectivity index (χ3v) is 2.96. The largest absolute Gasteiger partial charge is 0.333 e. The molecule has 4 heteroatoms. The maximum atomic E-state index is 11.9. The van der Waals surface area contributed by atoms with Crippen molar-refractivity contribution < 1.29 is 4.79 Å². The topological polar surface area (TPSA) is 46.3 Å². The van der Waals surface area contributed by atoms with E-state index in [0.29, 0.717) is 13.1 Å². The summed E-state index contributed by atoms with van der Waals surface area (Å²) in [7, 11) is 0. The van der Waals surface area contributed by atoms with Crippen LogP contribution in [0.3, 0.4) is 0 Å². The van der Waals surface area contributed by atoms with Gasteiger partial charge in [0.2, 0.25) is 5.91 Å². The third kappa shape index (κ3) is 4.68. The quantitative estimate of drug-likeness (QED) is 0.920. The van der Waals surface area contributed by atoms with Crippen LogP contribution in [0.5, 0.6) is 0 Å². The molecule has 0 spiro atoms. The third-order valence-electron chi connectivity index (χ3n) is 2.96. The number of rotatable bonds is 5. The molecule has 2 N–H and O–H groups in total. The molecule has 0 saturated carbocycles. The number of halogens is 1. The summed E-state index contributed by atoms with van der Waals surface area (Å²) in [5.41, 5.74) is 7.71. The van der Waals surface area contributed by atoms with Crippen LogP contribution in [0.1, 0.15) is 11.1 Å². The van der Waals surface area contributed by atoms with E-state index in [0.717, 1.165) is 11.1 Å². The predicted octanol–water partition coefficient (Wildman–Crippen LogP) is 2.60. The first-order chi connectivity index (χ1) is 9.29. The van der Waals surface area contributed by atoms with E-state index in [1.165, 1.54) is 0 Å². The zero-order chi connectivity index (χ0) is 13.5. The summed E-state index contributed by atoms with van der Waals surface area (Å²) in [6.07, 6.45) is 0. The molecular weight excluding hydrogens is 272 g/mol. The van der Waals surface area contributed by atoms with E-state index in [1.807, 2.05) is 60.7 Å². The minimum absolute atomic E-state index is 0. The SMILES string of the molecule is Cl.NCC(=O)N(Cc1ccccc1)Cc1ccccc1. The molecule has 0 atom stereocenters. The lowest BCUT2D eigenvalue weighted by molar-refractivity contribution is -0.130. The molecule has 20 heavy (non-hydrogen) atoms. The number of nitrogens with two attached hydrogens (primary N) is 1. The highest BCUT2D eigenvalue weighted by Crippen LogP contribution is 2.10. The molecule has 0 aliphatic rings. The fourth-order valence-electron chi connectivity index (χ4n) is 1.97. The first kappa shape index (κ1) is 16.2. The summed E-state index contributed by atoms with van der Waals surface area (Å²) >= 11 is 0. The minimum atomic E-state index is -0.0345. The van der Waals surface area contributed by atoms with Gasteiger partial charge in [-0.15, -0.1) is 12.4 Å². The van der Waals surface area contributed by atoms with Crippen molar-refractivity contribution in [1.82, 2.24) is 4.90 Å². The molecule has 0 saturated heterocycles. The number of carbonyl (C=O) groups is 1. The second-order valence-electron chi connectivity index (χ2n) is 4.43. The molecule has 1 amide bonds. The Balaban J connectivity index is 0.00000200. The van der Waals surface area contributed by atoms with Crippen molar-refractivity contribution >= 4 is 18.3 Å². The Morgan fingerprint density at radius 2 is 1.25 bits per heavy atom. The van der Waals surface area contributed by atoms with Crippen LogP contribution in [0.15, 0.2) is 60.7 Å². The van der Waals surface area contributed by atoms with Crippen molar-refractivity contribution in [3.63, 3.8) is 0 Å². The van der Waals surface area contributed by atoms with Gasteiger partial charge in [0.15, 0.2) is 0 Å². The van der Waals surface area contributed by atoms with Gasteiger partial charge in [0.25, 0.3) is 0 Å². The van der Waals surface area contributed by atoms with Gasteiger partial charge in [-0.2, -0.15) is 0 Å². The lowest BCUT2D eigenvalue weighted by Crippen LogP contribution is -2.35. The fourth-order valence-corrected chi connectivity index (χ4v) is 1.97. The maximum absolute atomic E-state index is 11.9. The number of amides is 1. The van der Waals surface area contributed by atoms with Crippen LogP contribution in [0.4, 0.5) is 0 Å². The Hall–Kier alpha value is -1.84. The molecule has 106 valence electrons. The molecule has 0 unspecified atom stereocenters. The van der Waals surface area contributed by atoms with Gasteiger partial charge in [-0.05, 0) is 11.1 Å². The summed E-state index contributed by atoms with van der Waals surface area (Å²) in [4.78, 5) is 13.7. The van der Waals surface area contributed by atoms with Crippen molar-refractivity contribution in [1.29, 1.82) is 0 Å². The second kappa shape index (κ2) is 8.35. The van der Waals surface area contributed by atoms with Gasteiger partial charge in [-0.25, -0.2) is 0 Å². The average molecular weight is 291 g/mol. The van der Waals surface area contributed by atoms with Crippen LogP contribution in [0.2, 0.25) is 0 Å². The predicted molar refractivity (Wildman–Crippen MR) is 83.4 cm³/mol. The molecule has 0 aromatic heterocycles. The Bertz CT molecular complexity index is 475. The molecule has 0 aliphatic heterocycles. The van der Waals surface area contributed by atoms with Crippen LogP contribution < -0.4 is 5.73 Å². The number of benzene rings is 2. The summed E-state index contributed by atoms with van der Waals surface area (Å²) in [6, 6.07) is 19.9. The molecule has 3 nitrogen and oxygen atoms in total. The van der Waals surface area contributed by atoms with E-state index < -0.39 is 0 Å². The van der Waals surface area contributed by atoms with E-state index in [9.17, 15) is 4.79 Å². The highest BCUT2D eigenvalue weighted by molar-refractivity contribution is 5.85. The number of nitrogens with zero attached hydrogens (tertiary/aromatic N) is 1. The molecule has 0 bridgehead atoms. The van der Waals surface area contributed by atoms with Gasteiger partial charge in [-0.1, -0.05) is 60.7 Å². The lowest BCUT2D eigenvalue weighted by atomic mass is 10.1. The number of carbonyl (C=O) groups excluding carboxylic acids is 1. The standard InChI is InChI=1S/C16H18N2O.ClH/c17-11-16(19)18(12-14-7-3-1-4-8-14)13-15-9-5-2-6-10-15;/h1-10H,11-13,17H2;1H. The van der Waals surface area contributed by atoms with Crippen molar-refractivity contribution in [3.8, 4) is 0 Å². The van der Waals surface area contributed by atoms with Crippen molar-refractivity contribution in [2.75, 3.05) is 6.54 Å². The molecule has 2 aromatic rings. The first-order valence-electron chi connectivity index (χ1n) is 6.35. The second-order valence-corrected chi connectivity index (χ2v) is 4.43. The smallest absolute Gasteiger partial charge is 0.236 e. The lowest BCUT2D eigenvalue weighted by Gasteiger charge is -2.22. The monoisotopic (exact) mass is 290 g/mol. The van der Waals surface area contributed by atoms with Crippen LogP contribution in [0.25, 0.3) is 0 Å². The minimum Gasteiger partial charge on any atom is -0.333 e. The van der Waals surface area contributed by atoms with Crippen molar-refractivity contribution in [2.24, 2.45) is 5.73 Å². The number of hydrogen-bond donors (Lipinski definition) is 1. The van der Waals surface area contributed by atoms with Crippen LogP contribution in [-0.4, -0.2) is 17.4 Å². The van der Waals surface area contributed by atoms with E-state index in [-0.39, 0.29) is 24.9 Å². The molecule has 0 aliphatic carbocycles. The fraction of sp³-hybridized carbons (Fsp3) is 0.188. The Kier molecular flexibility index (Phi) is 6.77. The maximum Gasteiger partial charge on any atom is 0.236 e. The normalized spacial score (nSPS) is 9.65. The Morgan fingerprint density at radius 1 is 0.850 bits per heavy atom. The zero-order valence-corrected chi connectivity index (χ0v) is 12.1.